The molecule has 0 aliphatic carbocycles. The first-order valence-corrected chi connectivity index (χ1v) is 7.43. The standard InChI is InChI=1S/C15H16ClF3N4O/c1-8-3-4-11(10(16)5-8)21-13-6-12(15(17,18)19)22-14(23-13)20-9(2)7-24/h3-6,9,24H,7H2,1-2H3,(H2,20,21,22,23)/t9-/m0/s1. The Morgan fingerprint density at radius 3 is 2.54 bits per heavy atom. The van der Waals surface area contributed by atoms with Crippen LogP contribution in [0.4, 0.5) is 30.6 Å². The minimum Gasteiger partial charge on any atom is -0.394 e. The fourth-order valence-corrected chi connectivity index (χ4v) is 2.13. The molecule has 5 nitrogen and oxygen atoms in total. The number of hydrogen-bond donors (Lipinski definition) is 3. The Morgan fingerprint density at radius 2 is 1.96 bits per heavy atom. The molecule has 0 saturated carbocycles. The zero-order chi connectivity index (χ0) is 17.9. The molecular formula is C15H16ClF3N4O. The fourth-order valence-electron chi connectivity index (χ4n) is 1.85. The van der Waals surface area contributed by atoms with E-state index in [1.54, 1.807) is 25.1 Å². The highest BCUT2D eigenvalue weighted by Crippen LogP contribution is 2.32. The topological polar surface area (TPSA) is 70.1 Å². The molecule has 2 aromatic rings. The Morgan fingerprint density at radius 1 is 1.25 bits per heavy atom. The summed E-state index contributed by atoms with van der Waals surface area (Å²) in [6.07, 6.45) is -4.63. The minimum absolute atomic E-state index is 0.0595. The zero-order valence-corrected chi connectivity index (χ0v) is 13.7. The summed E-state index contributed by atoms with van der Waals surface area (Å²) >= 11 is 6.08. The molecule has 0 unspecified atom stereocenters. The molecule has 2 rings (SSSR count). The highest BCUT2D eigenvalue weighted by molar-refractivity contribution is 6.33. The third-order valence-electron chi connectivity index (χ3n) is 3.05. The minimum atomic E-state index is -4.63. The monoisotopic (exact) mass is 360 g/mol. The van der Waals surface area contributed by atoms with Gasteiger partial charge in [-0.15, -0.1) is 0 Å². The molecule has 9 heteroatoms. The summed E-state index contributed by atoms with van der Waals surface area (Å²) in [7, 11) is 0. The zero-order valence-electron chi connectivity index (χ0n) is 12.9. The maximum absolute atomic E-state index is 13.0. The van der Waals surface area contributed by atoms with Gasteiger partial charge in [0.15, 0.2) is 5.69 Å². The number of halogens is 4. The summed E-state index contributed by atoms with van der Waals surface area (Å²) in [6, 6.07) is 5.40. The van der Waals surface area contributed by atoms with Crippen LogP contribution in [0.1, 0.15) is 18.2 Å². The van der Waals surface area contributed by atoms with Gasteiger partial charge in [-0.1, -0.05) is 17.7 Å². The van der Waals surface area contributed by atoms with Crippen molar-refractivity contribution in [1.82, 2.24) is 9.97 Å². The van der Waals surface area contributed by atoms with E-state index in [0.29, 0.717) is 10.7 Å². The fraction of sp³-hybridized carbons (Fsp3) is 0.333. The van der Waals surface area contributed by atoms with E-state index in [2.05, 4.69) is 20.6 Å². The highest BCUT2D eigenvalue weighted by Gasteiger charge is 2.34. The van der Waals surface area contributed by atoms with Gasteiger partial charge in [0, 0.05) is 12.1 Å². The number of rotatable bonds is 5. The maximum Gasteiger partial charge on any atom is 0.433 e. The van der Waals surface area contributed by atoms with E-state index >= 15 is 0 Å². The molecule has 0 bridgehead atoms. The quantitative estimate of drug-likeness (QED) is 0.752. The second-order valence-corrected chi connectivity index (χ2v) is 5.70. The molecule has 1 atom stereocenters. The summed E-state index contributed by atoms with van der Waals surface area (Å²) in [5.41, 5.74) is 0.245. The van der Waals surface area contributed by atoms with E-state index in [-0.39, 0.29) is 18.4 Å². The Balaban J connectivity index is 2.38. The van der Waals surface area contributed by atoms with E-state index in [1.165, 1.54) is 0 Å². The molecule has 0 amide bonds. The van der Waals surface area contributed by atoms with E-state index < -0.39 is 17.9 Å². The van der Waals surface area contributed by atoms with Gasteiger partial charge >= 0.3 is 6.18 Å². The van der Waals surface area contributed by atoms with Gasteiger partial charge in [-0.25, -0.2) is 4.98 Å². The lowest BCUT2D eigenvalue weighted by atomic mass is 10.2. The molecule has 1 aromatic carbocycles. The molecule has 24 heavy (non-hydrogen) atoms. The average Bonchev–Trinajstić information content (AvgIpc) is 2.49. The number of aliphatic hydroxyl groups is 1. The van der Waals surface area contributed by atoms with Crippen LogP contribution in [0.5, 0.6) is 0 Å². The number of aryl methyl sites for hydroxylation is 1. The lowest BCUT2D eigenvalue weighted by Gasteiger charge is -2.15. The maximum atomic E-state index is 13.0. The number of benzene rings is 1. The molecule has 1 heterocycles. The van der Waals surface area contributed by atoms with Crippen molar-refractivity contribution in [3.05, 3.63) is 40.5 Å². The number of nitrogens with one attached hydrogen (secondary N) is 2. The van der Waals surface area contributed by atoms with E-state index in [0.717, 1.165) is 11.6 Å². The third-order valence-corrected chi connectivity index (χ3v) is 3.37. The van der Waals surface area contributed by atoms with Crippen molar-refractivity contribution >= 4 is 29.1 Å². The highest BCUT2D eigenvalue weighted by atomic mass is 35.5. The van der Waals surface area contributed by atoms with Gasteiger partial charge in [-0.3, -0.25) is 0 Å². The van der Waals surface area contributed by atoms with Crippen molar-refractivity contribution in [2.24, 2.45) is 0 Å². The van der Waals surface area contributed by atoms with Crippen LogP contribution in [0, 0.1) is 6.92 Å². The molecule has 0 aliphatic heterocycles. The lowest BCUT2D eigenvalue weighted by Crippen LogP contribution is -2.22. The Hall–Kier alpha value is -2.06. The molecule has 0 fully saturated rings. The molecule has 0 radical (unpaired) electrons. The van der Waals surface area contributed by atoms with Gasteiger partial charge in [-0.05, 0) is 31.5 Å². The van der Waals surface area contributed by atoms with Crippen LogP contribution in [0.15, 0.2) is 24.3 Å². The summed E-state index contributed by atoms with van der Waals surface area (Å²) in [5, 5.41) is 14.7. The molecule has 0 saturated heterocycles. The lowest BCUT2D eigenvalue weighted by molar-refractivity contribution is -0.141. The summed E-state index contributed by atoms with van der Waals surface area (Å²) in [5.74, 6) is -0.298. The SMILES string of the molecule is Cc1ccc(Nc2cc(C(F)(F)F)nc(N[C@@H](C)CO)n2)c(Cl)c1. The normalized spacial score (nSPS) is 12.8. The van der Waals surface area contributed by atoms with Crippen LogP contribution >= 0.6 is 11.6 Å². The van der Waals surface area contributed by atoms with Crippen molar-refractivity contribution in [2.45, 2.75) is 26.1 Å². The summed E-state index contributed by atoms with van der Waals surface area (Å²) in [4.78, 5) is 7.43. The number of nitrogens with zero attached hydrogens (tertiary/aromatic N) is 2. The first-order valence-electron chi connectivity index (χ1n) is 7.06. The van der Waals surface area contributed by atoms with Gasteiger partial charge in [0.2, 0.25) is 5.95 Å². The first-order chi connectivity index (χ1) is 11.2. The Bertz CT molecular complexity index is 724. The van der Waals surface area contributed by atoms with Crippen LogP contribution in [-0.2, 0) is 6.18 Å². The van der Waals surface area contributed by atoms with E-state index in [4.69, 9.17) is 16.7 Å². The first kappa shape index (κ1) is 18.3. The number of anilines is 3. The number of hydrogen-bond acceptors (Lipinski definition) is 5. The summed E-state index contributed by atoms with van der Waals surface area (Å²) in [6.45, 7) is 3.17. The van der Waals surface area contributed by atoms with Crippen LogP contribution < -0.4 is 10.6 Å². The second-order valence-electron chi connectivity index (χ2n) is 5.30. The molecule has 3 N–H and O–H groups in total. The van der Waals surface area contributed by atoms with Crippen LogP contribution in [0.2, 0.25) is 5.02 Å². The second kappa shape index (κ2) is 7.23. The smallest absolute Gasteiger partial charge is 0.394 e. The largest absolute Gasteiger partial charge is 0.433 e. The van der Waals surface area contributed by atoms with Gasteiger partial charge in [0.25, 0.3) is 0 Å². The molecular weight excluding hydrogens is 345 g/mol. The number of alkyl halides is 3. The number of aliphatic hydroxyl groups excluding tert-OH is 1. The van der Waals surface area contributed by atoms with E-state index in [9.17, 15) is 13.2 Å². The van der Waals surface area contributed by atoms with Gasteiger partial charge in [0.05, 0.1) is 17.3 Å². The predicted molar refractivity (Wildman–Crippen MR) is 86.7 cm³/mol. The van der Waals surface area contributed by atoms with E-state index in [1.807, 2.05) is 6.92 Å². The van der Waals surface area contributed by atoms with Gasteiger partial charge < -0.3 is 15.7 Å². The van der Waals surface area contributed by atoms with Crippen molar-refractivity contribution in [1.29, 1.82) is 0 Å². The van der Waals surface area contributed by atoms with Crippen LogP contribution in [0.25, 0.3) is 0 Å². The Labute approximate surface area is 141 Å². The van der Waals surface area contributed by atoms with Crippen molar-refractivity contribution in [2.75, 3.05) is 17.2 Å². The Kier molecular flexibility index (Phi) is 5.51. The summed E-state index contributed by atoms with van der Waals surface area (Å²) < 4.78 is 39.1. The molecule has 1 aromatic heterocycles. The van der Waals surface area contributed by atoms with Crippen LogP contribution in [-0.4, -0.2) is 27.7 Å². The molecule has 0 aliphatic rings. The van der Waals surface area contributed by atoms with Crippen molar-refractivity contribution in [3.8, 4) is 0 Å². The molecule has 0 spiro atoms. The third kappa shape index (κ3) is 4.72. The van der Waals surface area contributed by atoms with Gasteiger partial charge in [-0.2, -0.15) is 18.2 Å². The molecule has 130 valence electrons. The van der Waals surface area contributed by atoms with Crippen molar-refractivity contribution < 1.29 is 18.3 Å². The van der Waals surface area contributed by atoms with Gasteiger partial charge in [0.1, 0.15) is 5.82 Å². The van der Waals surface area contributed by atoms with Crippen molar-refractivity contribution in [3.63, 3.8) is 0 Å². The average molecular weight is 361 g/mol. The van der Waals surface area contributed by atoms with Crippen LogP contribution in [0.3, 0.4) is 0 Å². The predicted octanol–water partition coefficient (Wildman–Crippen LogP) is 3.99. The number of aromatic nitrogens is 2.